The van der Waals surface area contributed by atoms with Gasteiger partial charge < -0.3 is 4.57 Å². The van der Waals surface area contributed by atoms with Crippen LogP contribution in [0.5, 0.6) is 0 Å². The van der Waals surface area contributed by atoms with Crippen LogP contribution in [0.1, 0.15) is 25.1 Å². The molecule has 0 saturated carbocycles. The topological polar surface area (TPSA) is 17.8 Å². The van der Waals surface area contributed by atoms with E-state index in [1.54, 1.807) is 0 Å². The Morgan fingerprint density at radius 3 is 2.57 bits per heavy atom. The zero-order valence-corrected chi connectivity index (χ0v) is 16.0. The van der Waals surface area contributed by atoms with Gasteiger partial charge in [0.15, 0.2) is 0 Å². The molecule has 2 heteroatoms. The van der Waals surface area contributed by atoms with Gasteiger partial charge in [0.1, 0.15) is 0 Å². The lowest BCUT2D eigenvalue weighted by molar-refractivity contribution is 0.624. The first-order chi connectivity index (χ1) is 13.7. The average Bonchev–Trinajstić information content (AvgIpc) is 3.20. The molecule has 0 aliphatic heterocycles. The van der Waals surface area contributed by atoms with Gasteiger partial charge in [-0.1, -0.05) is 62.4 Å². The Bertz CT molecular complexity index is 1390. The lowest BCUT2D eigenvalue weighted by Crippen LogP contribution is -2.19. The van der Waals surface area contributed by atoms with Crippen molar-refractivity contribution < 1.29 is 0 Å². The summed E-state index contributed by atoms with van der Waals surface area (Å²) in [7, 11) is 0. The Labute approximate surface area is 164 Å². The maximum absolute atomic E-state index is 4.26. The predicted octanol–water partition coefficient (Wildman–Crippen LogP) is 6.49. The van der Waals surface area contributed by atoms with E-state index >= 15 is 0 Å². The second kappa shape index (κ2) is 5.32. The molecule has 1 aliphatic rings. The highest BCUT2D eigenvalue weighted by Gasteiger charge is 2.40. The molecule has 1 aliphatic carbocycles. The Hall–Kier alpha value is -3.39. The van der Waals surface area contributed by atoms with Crippen LogP contribution in [0, 0.1) is 0 Å². The summed E-state index contributed by atoms with van der Waals surface area (Å²) in [5.41, 5.74) is 7.94. The number of hydrogen-bond donors (Lipinski definition) is 0. The molecule has 2 nitrogen and oxygen atoms in total. The van der Waals surface area contributed by atoms with Gasteiger partial charge >= 0.3 is 0 Å². The molecule has 0 amide bonds. The summed E-state index contributed by atoms with van der Waals surface area (Å²) < 4.78 is 2.46. The second-order valence-electron chi connectivity index (χ2n) is 8.15. The Morgan fingerprint density at radius 1 is 0.821 bits per heavy atom. The first-order valence-corrected chi connectivity index (χ1v) is 9.74. The van der Waals surface area contributed by atoms with Crippen molar-refractivity contribution in [3.63, 3.8) is 0 Å². The van der Waals surface area contributed by atoms with Crippen LogP contribution < -0.4 is 0 Å². The van der Waals surface area contributed by atoms with E-state index in [9.17, 15) is 0 Å². The molecule has 0 atom stereocenters. The summed E-state index contributed by atoms with van der Waals surface area (Å²) in [6.07, 6.45) is 3.79. The molecule has 2 heterocycles. The van der Waals surface area contributed by atoms with Gasteiger partial charge in [0.25, 0.3) is 0 Å². The first kappa shape index (κ1) is 15.6. The number of nitrogens with zero attached hydrogens (tertiary/aromatic N) is 2. The van der Waals surface area contributed by atoms with E-state index in [0.29, 0.717) is 0 Å². The fraction of sp³-hybridized carbons (Fsp3) is 0.115. The van der Waals surface area contributed by atoms with Crippen molar-refractivity contribution >= 4 is 21.7 Å². The van der Waals surface area contributed by atoms with Gasteiger partial charge in [0.2, 0.25) is 0 Å². The van der Waals surface area contributed by atoms with Crippen molar-refractivity contribution in [3.05, 3.63) is 96.4 Å². The van der Waals surface area contributed by atoms with Crippen molar-refractivity contribution in [1.29, 1.82) is 0 Å². The van der Waals surface area contributed by atoms with E-state index < -0.39 is 0 Å². The summed E-state index contributed by atoms with van der Waals surface area (Å²) in [6.45, 7) is 4.69. The number of pyridine rings is 1. The highest BCUT2D eigenvalue weighted by atomic mass is 15.0. The van der Waals surface area contributed by atoms with Crippen LogP contribution in [0.25, 0.3) is 38.5 Å². The molecule has 5 aromatic rings. The molecule has 0 N–H and O–H groups in total. The van der Waals surface area contributed by atoms with Gasteiger partial charge in [-0.25, -0.2) is 0 Å². The largest absolute Gasteiger partial charge is 0.312 e. The number of fused-ring (bicyclic) bond motifs is 6. The van der Waals surface area contributed by atoms with Crippen LogP contribution in [-0.2, 0) is 5.41 Å². The first-order valence-electron chi connectivity index (χ1n) is 9.74. The highest BCUT2D eigenvalue weighted by molar-refractivity contribution is 6.03. The van der Waals surface area contributed by atoms with Crippen molar-refractivity contribution in [2.24, 2.45) is 0 Å². The van der Waals surface area contributed by atoms with Gasteiger partial charge in [0, 0.05) is 45.5 Å². The van der Waals surface area contributed by atoms with Crippen LogP contribution in [0.2, 0.25) is 0 Å². The molecule has 0 fully saturated rings. The third kappa shape index (κ3) is 1.90. The molecule has 0 radical (unpaired) electrons. The number of aromatic nitrogens is 2. The molecule has 0 unspecified atom stereocenters. The highest BCUT2D eigenvalue weighted by Crippen LogP contribution is 2.53. The zero-order valence-electron chi connectivity index (χ0n) is 16.0. The second-order valence-corrected chi connectivity index (χ2v) is 8.15. The molecule has 134 valence electrons. The molecular formula is C26H20N2. The number of benzene rings is 3. The van der Waals surface area contributed by atoms with Crippen LogP contribution in [0.15, 0.2) is 85.2 Å². The number of hydrogen-bond acceptors (Lipinski definition) is 1. The van der Waals surface area contributed by atoms with Crippen LogP contribution in [-0.4, -0.2) is 9.55 Å². The molecule has 28 heavy (non-hydrogen) atoms. The normalized spacial score (nSPS) is 14.4. The lowest BCUT2D eigenvalue weighted by Gasteiger charge is -2.24. The predicted molar refractivity (Wildman–Crippen MR) is 116 cm³/mol. The summed E-state index contributed by atoms with van der Waals surface area (Å²) in [6, 6.07) is 26.4. The number of para-hydroxylation sites is 1. The molecule has 0 saturated heterocycles. The molecule has 0 spiro atoms. The minimum Gasteiger partial charge on any atom is -0.312 e. The Balaban J connectivity index is 1.77. The van der Waals surface area contributed by atoms with E-state index in [0.717, 1.165) is 0 Å². The summed E-state index contributed by atoms with van der Waals surface area (Å²) in [4.78, 5) is 4.26. The maximum atomic E-state index is 4.26. The smallest absolute Gasteiger partial charge is 0.0538 e. The quantitative estimate of drug-likeness (QED) is 0.334. The standard InChI is InChI=1S/C26H20N2/c1-26(2)22-9-5-3-7-20(22)24-21-8-4-6-10-23(21)28(25(24)26)19-12-11-18-16-27-14-13-17(18)15-19/h3-16H,1-2H3. The van der Waals surface area contributed by atoms with Crippen LogP contribution in [0.4, 0.5) is 0 Å². The van der Waals surface area contributed by atoms with Crippen molar-refractivity contribution in [2.45, 2.75) is 19.3 Å². The van der Waals surface area contributed by atoms with Gasteiger partial charge in [-0.3, -0.25) is 4.98 Å². The lowest BCUT2D eigenvalue weighted by atomic mass is 9.85. The van der Waals surface area contributed by atoms with Crippen molar-refractivity contribution in [1.82, 2.24) is 9.55 Å². The van der Waals surface area contributed by atoms with Crippen LogP contribution >= 0.6 is 0 Å². The van der Waals surface area contributed by atoms with E-state index in [-0.39, 0.29) is 5.41 Å². The fourth-order valence-electron chi connectivity index (χ4n) is 4.96. The molecule has 2 aromatic heterocycles. The molecule has 6 rings (SSSR count). The average molecular weight is 360 g/mol. The van der Waals surface area contributed by atoms with E-state index in [1.807, 2.05) is 12.4 Å². The SMILES string of the molecule is CC1(C)c2ccccc2-c2c1n(-c1ccc3cnccc3c1)c1ccccc21. The minimum atomic E-state index is -0.0574. The summed E-state index contributed by atoms with van der Waals surface area (Å²) in [5.74, 6) is 0. The van der Waals surface area contributed by atoms with Gasteiger partial charge in [-0.05, 0) is 40.8 Å². The van der Waals surface area contributed by atoms with Gasteiger partial charge in [-0.2, -0.15) is 0 Å². The molecule has 3 aromatic carbocycles. The van der Waals surface area contributed by atoms with E-state index in [4.69, 9.17) is 0 Å². The van der Waals surface area contributed by atoms with Crippen LogP contribution in [0.3, 0.4) is 0 Å². The van der Waals surface area contributed by atoms with E-state index in [1.165, 1.54) is 49.7 Å². The fourth-order valence-corrected chi connectivity index (χ4v) is 4.96. The van der Waals surface area contributed by atoms with Gasteiger partial charge in [0.05, 0.1) is 5.52 Å². The van der Waals surface area contributed by atoms with Crippen molar-refractivity contribution in [3.8, 4) is 16.8 Å². The van der Waals surface area contributed by atoms with E-state index in [2.05, 4.69) is 96.2 Å². The minimum absolute atomic E-state index is 0.0574. The van der Waals surface area contributed by atoms with Gasteiger partial charge in [-0.15, -0.1) is 0 Å². The maximum Gasteiger partial charge on any atom is 0.0538 e. The Kier molecular flexibility index (Phi) is 2.98. The monoisotopic (exact) mass is 360 g/mol. The summed E-state index contributed by atoms with van der Waals surface area (Å²) in [5, 5.41) is 3.71. The molecular weight excluding hydrogens is 340 g/mol. The molecule has 0 bridgehead atoms. The number of rotatable bonds is 1. The summed E-state index contributed by atoms with van der Waals surface area (Å²) >= 11 is 0. The third-order valence-corrected chi connectivity index (χ3v) is 6.22. The third-order valence-electron chi connectivity index (χ3n) is 6.22. The van der Waals surface area contributed by atoms with Crippen molar-refractivity contribution in [2.75, 3.05) is 0 Å². The zero-order chi connectivity index (χ0) is 18.9. The Morgan fingerprint density at radius 2 is 1.64 bits per heavy atom.